The van der Waals surface area contributed by atoms with E-state index in [0.717, 1.165) is 0 Å². The first-order valence-corrected chi connectivity index (χ1v) is 6.70. The Morgan fingerprint density at radius 2 is 1.20 bits per heavy atom. The van der Waals surface area contributed by atoms with Crippen molar-refractivity contribution in [1.29, 1.82) is 0 Å². The molecule has 0 aliphatic heterocycles. The SMILES string of the molecule is O=P(O)(O)O.O=P([O-])(O)OP(=O)(F)F.[Li+]. The average molecular weight is 286 g/mol. The van der Waals surface area contributed by atoms with Crippen molar-refractivity contribution in [3.8, 4) is 0 Å². The van der Waals surface area contributed by atoms with Gasteiger partial charge in [-0.3, -0.25) is 4.57 Å². The summed E-state index contributed by atoms with van der Waals surface area (Å²) in [6.07, 6.45) is 0. The minimum atomic E-state index is -6.11. The van der Waals surface area contributed by atoms with Crippen molar-refractivity contribution in [3.63, 3.8) is 0 Å². The normalized spacial score (nSPS) is 15.4. The molecule has 15 heavy (non-hydrogen) atoms. The first-order chi connectivity index (χ1) is 5.71. The van der Waals surface area contributed by atoms with Gasteiger partial charge in [0, 0.05) is 0 Å². The first-order valence-electron chi connectivity index (χ1n) is 2.23. The molecule has 0 saturated carbocycles. The van der Waals surface area contributed by atoms with Crippen molar-refractivity contribution in [3.05, 3.63) is 0 Å². The van der Waals surface area contributed by atoms with Crippen LogP contribution in [0.5, 0.6) is 0 Å². The van der Waals surface area contributed by atoms with E-state index in [9.17, 15) is 17.9 Å². The van der Waals surface area contributed by atoms with Gasteiger partial charge in [-0.1, -0.05) is 0 Å². The molecule has 0 aromatic heterocycles. The van der Waals surface area contributed by atoms with Crippen molar-refractivity contribution in [2.75, 3.05) is 0 Å². The van der Waals surface area contributed by atoms with Gasteiger partial charge in [0.1, 0.15) is 0 Å². The van der Waals surface area contributed by atoms with Gasteiger partial charge in [0.05, 0.1) is 0 Å². The van der Waals surface area contributed by atoms with Gasteiger partial charge in [0.2, 0.25) is 0 Å². The van der Waals surface area contributed by atoms with Gasteiger partial charge in [0.25, 0.3) is 7.82 Å². The van der Waals surface area contributed by atoms with Crippen molar-refractivity contribution in [1.82, 2.24) is 0 Å². The summed E-state index contributed by atoms with van der Waals surface area (Å²) in [4.78, 5) is 38.4. The standard InChI is InChI=1S/F2H2O5P2.Li.H3O4P/c1-8(2,3)7-9(4,5)6;;1-5(2,3)4/h(H2,4,5,6);;(H3,1,2,3,4)/q;+1;/p-1. The summed E-state index contributed by atoms with van der Waals surface area (Å²) < 4.78 is 51.8. The Balaban J connectivity index is -0.000000208. The third kappa shape index (κ3) is 52.1. The fourth-order valence-electron chi connectivity index (χ4n) is 0.120. The van der Waals surface area contributed by atoms with E-state index in [1.165, 1.54) is 0 Å². The molecular formula is H4F2LiO9P3. The summed E-state index contributed by atoms with van der Waals surface area (Å²) in [6, 6.07) is 0. The van der Waals surface area contributed by atoms with Crippen LogP contribution in [0.25, 0.3) is 0 Å². The Kier molecular flexibility index (Phi) is 10.3. The maximum atomic E-state index is 11.0. The zero-order chi connectivity index (χ0) is 12.2. The molecule has 0 aliphatic rings. The van der Waals surface area contributed by atoms with Crippen LogP contribution in [0.2, 0.25) is 0 Å². The molecule has 0 bridgehead atoms. The molecule has 0 amide bonds. The molecule has 0 spiro atoms. The Labute approximate surface area is 93.8 Å². The van der Waals surface area contributed by atoms with E-state index in [4.69, 9.17) is 28.7 Å². The Bertz CT molecular complexity index is 266. The molecule has 0 radical (unpaired) electrons. The monoisotopic (exact) mass is 286 g/mol. The van der Waals surface area contributed by atoms with E-state index in [-0.39, 0.29) is 18.9 Å². The molecule has 1 atom stereocenters. The van der Waals surface area contributed by atoms with Gasteiger partial charge < -0.3 is 24.5 Å². The van der Waals surface area contributed by atoms with Crippen LogP contribution in [0.4, 0.5) is 8.39 Å². The van der Waals surface area contributed by atoms with Crippen LogP contribution in [0, 0.1) is 0 Å². The molecule has 15 heteroatoms. The largest absolute Gasteiger partial charge is 1.00 e. The van der Waals surface area contributed by atoms with E-state index in [1.807, 2.05) is 0 Å². The number of halogens is 2. The molecule has 9 nitrogen and oxygen atoms in total. The molecule has 0 aromatic rings. The van der Waals surface area contributed by atoms with Crippen LogP contribution in [-0.2, 0) is 18.0 Å². The minimum absolute atomic E-state index is 0. The third-order valence-corrected chi connectivity index (χ3v) is 1.78. The number of rotatable bonds is 2. The molecular weight excluding hydrogens is 282 g/mol. The summed E-state index contributed by atoms with van der Waals surface area (Å²) in [6.45, 7) is 0. The Hall–Kier alpha value is 0.907. The van der Waals surface area contributed by atoms with E-state index in [1.54, 1.807) is 0 Å². The van der Waals surface area contributed by atoms with Crippen LogP contribution in [0.3, 0.4) is 0 Å². The molecule has 4 N–H and O–H groups in total. The minimum Gasteiger partial charge on any atom is -0.756 e. The van der Waals surface area contributed by atoms with E-state index < -0.39 is 23.6 Å². The van der Waals surface area contributed by atoms with E-state index in [2.05, 4.69) is 4.31 Å². The average Bonchev–Trinajstić information content (AvgIpc) is 1.42. The molecule has 0 aliphatic carbocycles. The second-order valence-electron chi connectivity index (χ2n) is 1.48. The zero-order valence-corrected chi connectivity index (χ0v) is 9.61. The fourth-order valence-corrected chi connectivity index (χ4v) is 1.08. The first kappa shape index (κ1) is 21.2. The number of hydrogen-bond donors (Lipinski definition) is 4. The van der Waals surface area contributed by atoms with Gasteiger partial charge in [-0.25, -0.2) is 13.4 Å². The molecule has 0 heterocycles. The molecule has 1 unspecified atom stereocenters. The van der Waals surface area contributed by atoms with E-state index in [0.29, 0.717) is 0 Å². The van der Waals surface area contributed by atoms with E-state index >= 15 is 0 Å². The molecule has 0 aromatic carbocycles. The second kappa shape index (κ2) is 7.28. The van der Waals surface area contributed by atoms with Gasteiger partial charge in [-0.05, 0) is 0 Å². The Morgan fingerprint density at radius 1 is 1.00 bits per heavy atom. The van der Waals surface area contributed by atoms with Crippen LogP contribution in [-0.4, -0.2) is 19.6 Å². The van der Waals surface area contributed by atoms with Crippen LogP contribution < -0.4 is 23.8 Å². The number of phosphoric acid groups is 2. The topological polar surface area (TPSA) is 164 Å². The Morgan fingerprint density at radius 3 is 1.20 bits per heavy atom. The zero-order valence-electron chi connectivity index (χ0n) is 6.93. The maximum absolute atomic E-state index is 11.0. The van der Waals surface area contributed by atoms with Gasteiger partial charge in [-0.15, -0.1) is 8.39 Å². The third-order valence-electron chi connectivity index (χ3n) is 0.198. The summed E-state index contributed by atoms with van der Waals surface area (Å²) in [5, 5.41) is 0. The van der Waals surface area contributed by atoms with Crippen LogP contribution >= 0.6 is 23.6 Å². The number of hydrogen-bond acceptors (Lipinski definition) is 5. The fraction of sp³-hybridized carbons (Fsp3) is 0. The van der Waals surface area contributed by atoms with Crippen molar-refractivity contribution < 1.29 is 69.7 Å². The quantitative estimate of drug-likeness (QED) is 0.299. The van der Waals surface area contributed by atoms with Gasteiger partial charge in [0.15, 0.2) is 0 Å². The van der Waals surface area contributed by atoms with Gasteiger partial charge in [-0.2, -0.15) is 0 Å². The van der Waals surface area contributed by atoms with Crippen molar-refractivity contribution in [2.24, 2.45) is 0 Å². The van der Waals surface area contributed by atoms with Crippen LogP contribution in [0.15, 0.2) is 0 Å². The predicted octanol–water partition coefficient (Wildman–Crippen LogP) is -3.41. The molecule has 0 fully saturated rings. The van der Waals surface area contributed by atoms with Crippen molar-refractivity contribution >= 4 is 23.6 Å². The smallest absolute Gasteiger partial charge is 0.756 e. The second-order valence-corrected chi connectivity index (χ2v) is 4.92. The summed E-state index contributed by atoms with van der Waals surface area (Å²) in [5.74, 6) is 0. The molecule has 0 rings (SSSR count). The predicted molar refractivity (Wildman–Crippen MR) is 35.0 cm³/mol. The molecule has 0 saturated heterocycles. The summed E-state index contributed by atoms with van der Waals surface area (Å²) >= 11 is 0. The van der Waals surface area contributed by atoms with Crippen LogP contribution in [0.1, 0.15) is 0 Å². The maximum Gasteiger partial charge on any atom is 1.00 e. The molecule has 88 valence electrons. The van der Waals surface area contributed by atoms with Crippen molar-refractivity contribution in [2.45, 2.75) is 0 Å². The summed E-state index contributed by atoms with van der Waals surface area (Å²) in [5.41, 5.74) is 0. The summed E-state index contributed by atoms with van der Waals surface area (Å²) in [7, 11) is -16.3. The van der Waals surface area contributed by atoms with Gasteiger partial charge >= 0.3 is 34.7 Å².